The van der Waals surface area contributed by atoms with Crippen LogP contribution in [-0.2, 0) is 16.6 Å². The molecule has 0 atom stereocenters. The summed E-state index contributed by atoms with van der Waals surface area (Å²) in [5.41, 5.74) is 6.10. The molecule has 0 radical (unpaired) electrons. The number of sulfonamides is 1. The number of anilines is 1. The first kappa shape index (κ1) is 12.8. The normalized spacial score (nSPS) is 18.9. The maximum atomic E-state index is 11.6. The second-order valence-electron chi connectivity index (χ2n) is 4.15. The Labute approximate surface area is 104 Å². The zero-order chi connectivity index (χ0) is 13.3. The zero-order valence-corrected chi connectivity index (χ0v) is 10.4. The van der Waals surface area contributed by atoms with Crippen LogP contribution in [0.25, 0.3) is 0 Å². The van der Waals surface area contributed by atoms with Gasteiger partial charge in [-0.25, -0.2) is 8.42 Å². The summed E-state index contributed by atoms with van der Waals surface area (Å²) in [5.74, 6) is 0.162. The van der Waals surface area contributed by atoms with Gasteiger partial charge in [-0.05, 0) is 18.1 Å². The Kier molecular flexibility index (Phi) is 3.22. The summed E-state index contributed by atoms with van der Waals surface area (Å²) in [6.07, 6.45) is 0.616. The third-order valence-corrected chi connectivity index (χ3v) is 4.75. The topological polar surface area (TPSA) is 107 Å². The van der Waals surface area contributed by atoms with E-state index in [4.69, 9.17) is 5.73 Å². The standard InChI is InChI=1S/C10H13N3O4S/c11-9-6-8(2-3-10(9)13(14)15)7-12-4-1-5-18(12,16)17/h2-3,6H,1,4-5,7,11H2. The lowest BCUT2D eigenvalue weighted by Crippen LogP contribution is -2.25. The third-order valence-electron chi connectivity index (χ3n) is 2.85. The lowest BCUT2D eigenvalue weighted by molar-refractivity contribution is -0.383. The van der Waals surface area contributed by atoms with Gasteiger partial charge in [0.1, 0.15) is 5.69 Å². The molecule has 1 aromatic carbocycles. The average Bonchev–Trinajstić information content (AvgIpc) is 2.58. The molecular formula is C10H13N3O4S. The number of hydrogen-bond acceptors (Lipinski definition) is 5. The Bertz CT molecular complexity index is 585. The summed E-state index contributed by atoms with van der Waals surface area (Å²) < 4.78 is 24.6. The fourth-order valence-corrected chi connectivity index (χ4v) is 3.45. The molecule has 18 heavy (non-hydrogen) atoms. The van der Waals surface area contributed by atoms with E-state index in [0.717, 1.165) is 0 Å². The van der Waals surface area contributed by atoms with E-state index in [-0.39, 0.29) is 23.7 Å². The molecule has 1 heterocycles. The molecule has 0 spiro atoms. The number of rotatable bonds is 3. The zero-order valence-electron chi connectivity index (χ0n) is 9.57. The van der Waals surface area contributed by atoms with Crippen molar-refractivity contribution in [1.29, 1.82) is 0 Å². The van der Waals surface area contributed by atoms with Crippen molar-refractivity contribution >= 4 is 21.4 Å². The molecule has 0 aliphatic carbocycles. The minimum absolute atomic E-state index is 0.0501. The second kappa shape index (κ2) is 4.54. The van der Waals surface area contributed by atoms with Crippen molar-refractivity contribution in [2.45, 2.75) is 13.0 Å². The van der Waals surface area contributed by atoms with E-state index in [1.807, 2.05) is 0 Å². The molecule has 0 unspecified atom stereocenters. The number of nitro benzene ring substituents is 1. The highest BCUT2D eigenvalue weighted by molar-refractivity contribution is 7.89. The van der Waals surface area contributed by atoms with E-state index in [9.17, 15) is 18.5 Å². The van der Waals surface area contributed by atoms with Crippen LogP contribution in [-0.4, -0.2) is 29.9 Å². The van der Waals surface area contributed by atoms with Gasteiger partial charge in [-0.2, -0.15) is 4.31 Å². The maximum absolute atomic E-state index is 11.6. The molecule has 8 heteroatoms. The fraction of sp³-hybridized carbons (Fsp3) is 0.400. The molecule has 7 nitrogen and oxygen atoms in total. The predicted molar refractivity (Wildman–Crippen MR) is 66.3 cm³/mol. The van der Waals surface area contributed by atoms with Crippen LogP contribution in [0.15, 0.2) is 18.2 Å². The Morgan fingerprint density at radius 3 is 2.67 bits per heavy atom. The monoisotopic (exact) mass is 271 g/mol. The highest BCUT2D eigenvalue weighted by Crippen LogP contribution is 2.24. The smallest absolute Gasteiger partial charge is 0.292 e. The van der Waals surface area contributed by atoms with Crippen LogP contribution in [0.2, 0.25) is 0 Å². The molecule has 2 N–H and O–H groups in total. The highest BCUT2D eigenvalue weighted by atomic mass is 32.2. The van der Waals surface area contributed by atoms with Crippen molar-refractivity contribution in [1.82, 2.24) is 4.31 Å². The van der Waals surface area contributed by atoms with Gasteiger partial charge in [0, 0.05) is 19.2 Å². The lowest BCUT2D eigenvalue weighted by atomic mass is 10.1. The van der Waals surface area contributed by atoms with E-state index < -0.39 is 14.9 Å². The summed E-state index contributed by atoms with van der Waals surface area (Å²) in [6.45, 7) is 0.698. The molecule has 0 saturated carbocycles. The average molecular weight is 271 g/mol. The van der Waals surface area contributed by atoms with Crippen LogP contribution in [0.5, 0.6) is 0 Å². The quantitative estimate of drug-likeness (QED) is 0.495. The van der Waals surface area contributed by atoms with Gasteiger partial charge in [0.15, 0.2) is 0 Å². The van der Waals surface area contributed by atoms with Crippen molar-refractivity contribution in [3.8, 4) is 0 Å². The number of hydrogen-bond donors (Lipinski definition) is 1. The Hall–Kier alpha value is -1.67. The van der Waals surface area contributed by atoms with Gasteiger partial charge < -0.3 is 5.73 Å². The Morgan fingerprint density at radius 2 is 2.17 bits per heavy atom. The SMILES string of the molecule is Nc1cc(CN2CCCS2(=O)=O)ccc1[N+](=O)[O-]. The predicted octanol–water partition coefficient (Wildman–Crippen LogP) is 0.713. The molecule has 1 aliphatic heterocycles. The Balaban J connectivity index is 2.21. The summed E-state index contributed by atoms with van der Waals surface area (Å²) in [4.78, 5) is 10.0. The van der Waals surface area contributed by atoms with Gasteiger partial charge in [-0.3, -0.25) is 10.1 Å². The first-order valence-corrected chi connectivity index (χ1v) is 7.02. The molecule has 0 amide bonds. The molecule has 0 bridgehead atoms. The van der Waals surface area contributed by atoms with E-state index in [2.05, 4.69) is 0 Å². The van der Waals surface area contributed by atoms with E-state index in [1.165, 1.54) is 22.5 Å². The first-order valence-electron chi connectivity index (χ1n) is 5.41. The van der Waals surface area contributed by atoms with Crippen LogP contribution in [0.3, 0.4) is 0 Å². The van der Waals surface area contributed by atoms with Crippen LogP contribution in [0.1, 0.15) is 12.0 Å². The number of nitro groups is 1. The summed E-state index contributed by atoms with van der Waals surface area (Å²) >= 11 is 0. The molecule has 1 aliphatic rings. The van der Waals surface area contributed by atoms with Crippen molar-refractivity contribution < 1.29 is 13.3 Å². The summed E-state index contributed by atoms with van der Waals surface area (Å²) in [5, 5.41) is 10.6. The highest BCUT2D eigenvalue weighted by Gasteiger charge is 2.28. The van der Waals surface area contributed by atoms with Crippen LogP contribution in [0.4, 0.5) is 11.4 Å². The molecule has 1 saturated heterocycles. The van der Waals surface area contributed by atoms with Crippen LogP contribution in [0, 0.1) is 10.1 Å². The molecular weight excluding hydrogens is 258 g/mol. The van der Waals surface area contributed by atoms with Gasteiger partial charge in [-0.1, -0.05) is 6.07 Å². The van der Waals surface area contributed by atoms with Crippen molar-refractivity contribution in [2.75, 3.05) is 18.0 Å². The molecule has 2 rings (SSSR count). The van der Waals surface area contributed by atoms with E-state index in [1.54, 1.807) is 0 Å². The number of nitrogens with two attached hydrogens (primary N) is 1. The Morgan fingerprint density at radius 1 is 1.44 bits per heavy atom. The largest absolute Gasteiger partial charge is 0.393 e. The summed E-state index contributed by atoms with van der Waals surface area (Å²) in [7, 11) is -3.17. The molecule has 1 aromatic rings. The van der Waals surface area contributed by atoms with Crippen molar-refractivity contribution in [2.24, 2.45) is 0 Å². The van der Waals surface area contributed by atoms with Gasteiger partial charge in [0.05, 0.1) is 10.7 Å². The summed E-state index contributed by atoms with van der Waals surface area (Å²) in [6, 6.07) is 4.28. The third kappa shape index (κ3) is 2.44. The van der Waals surface area contributed by atoms with Gasteiger partial charge in [0.25, 0.3) is 5.69 Å². The van der Waals surface area contributed by atoms with Crippen molar-refractivity contribution in [3.63, 3.8) is 0 Å². The van der Waals surface area contributed by atoms with Crippen LogP contribution >= 0.6 is 0 Å². The fourth-order valence-electron chi connectivity index (χ4n) is 1.94. The van der Waals surface area contributed by atoms with E-state index in [0.29, 0.717) is 18.5 Å². The minimum atomic E-state index is -3.17. The van der Waals surface area contributed by atoms with Gasteiger partial charge in [0.2, 0.25) is 10.0 Å². The first-order chi connectivity index (χ1) is 8.40. The van der Waals surface area contributed by atoms with Gasteiger partial charge in [-0.15, -0.1) is 0 Å². The van der Waals surface area contributed by atoms with Crippen molar-refractivity contribution in [3.05, 3.63) is 33.9 Å². The molecule has 0 aromatic heterocycles. The molecule has 98 valence electrons. The number of nitrogen functional groups attached to an aromatic ring is 1. The number of benzene rings is 1. The second-order valence-corrected chi connectivity index (χ2v) is 6.24. The van der Waals surface area contributed by atoms with Crippen LogP contribution < -0.4 is 5.73 Å². The van der Waals surface area contributed by atoms with Gasteiger partial charge >= 0.3 is 0 Å². The maximum Gasteiger partial charge on any atom is 0.292 e. The number of nitrogens with zero attached hydrogens (tertiary/aromatic N) is 2. The molecule has 1 fully saturated rings. The minimum Gasteiger partial charge on any atom is -0.393 e. The van der Waals surface area contributed by atoms with E-state index >= 15 is 0 Å². The lowest BCUT2D eigenvalue weighted by Gasteiger charge is -2.14.